The van der Waals surface area contributed by atoms with E-state index in [1.54, 1.807) is 24.3 Å². The number of amidine groups is 1. The molecule has 0 spiro atoms. The van der Waals surface area contributed by atoms with Crippen LogP contribution in [-0.4, -0.2) is 48.8 Å². The van der Waals surface area contributed by atoms with Gasteiger partial charge in [-0.2, -0.15) is 4.31 Å². The maximum absolute atomic E-state index is 13.2. The summed E-state index contributed by atoms with van der Waals surface area (Å²) in [5, 5.41) is 12.6. The molecule has 0 unspecified atom stereocenters. The Morgan fingerprint density at radius 1 is 1.16 bits per heavy atom. The number of halogens is 1. The summed E-state index contributed by atoms with van der Waals surface area (Å²) in [7, 11) is -3.94. The van der Waals surface area contributed by atoms with E-state index < -0.39 is 34.5 Å². The van der Waals surface area contributed by atoms with Gasteiger partial charge in [-0.05, 0) is 54.8 Å². The number of hydrogen-bond donors (Lipinski definition) is 2. The molecule has 0 radical (unpaired) electrons. The fraction of sp³-hybridized carbons (Fsp3) is 0.333. The number of piperidine rings is 1. The van der Waals surface area contributed by atoms with Crippen LogP contribution in [0.4, 0.5) is 4.39 Å². The predicted molar refractivity (Wildman–Crippen MR) is 114 cm³/mol. The van der Waals surface area contributed by atoms with Crippen LogP contribution in [0.3, 0.4) is 0 Å². The molecule has 1 aliphatic heterocycles. The van der Waals surface area contributed by atoms with Gasteiger partial charge in [0.15, 0.2) is 12.4 Å². The van der Waals surface area contributed by atoms with Crippen molar-refractivity contribution in [3.63, 3.8) is 0 Å². The number of oxime groups is 1. The molecule has 9 nitrogen and oxygen atoms in total. The predicted octanol–water partition coefficient (Wildman–Crippen LogP) is 1.76. The van der Waals surface area contributed by atoms with Gasteiger partial charge in [0.05, 0.1) is 17.5 Å². The Balaban J connectivity index is 1.63. The van der Waals surface area contributed by atoms with Crippen molar-refractivity contribution in [3.05, 3.63) is 59.9 Å². The van der Waals surface area contributed by atoms with E-state index >= 15 is 0 Å². The molecule has 0 bridgehead atoms. The number of nitrogens with zero attached hydrogens (tertiary/aromatic N) is 2. The second-order valence-electron chi connectivity index (χ2n) is 7.15. The molecule has 1 atom stereocenters. The van der Waals surface area contributed by atoms with Crippen LogP contribution in [0.1, 0.15) is 24.8 Å². The second-order valence-corrected chi connectivity index (χ2v) is 9.04. The molecule has 1 aliphatic rings. The first-order valence-corrected chi connectivity index (χ1v) is 11.4. The number of sulfonamides is 1. The minimum atomic E-state index is -3.94. The maximum atomic E-state index is 13.2. The van der Waals surface area contributed by atoms with Crippen LogP contribution in [0, 0.1) is 5.82 Å². The molecule has 32 heavy (non-hydrogen) atoms. The van der Waals surface area contributed by atoms with E-state index in [-0.39, 0.29) is 23.9 Å². The van der Waals surface area contributed by atoms with E-state index in [9.17, 15) is 17.6 Å². The van der Waals surface area contributed by atoms with Crippen molar-refractivity contribution in [3.8, 4) is 5.75 Å². The molecule has 11 heteroatoms. The van der Waals surface area contributed by atoms with Crippen molar-refractivity contribution in [1.82, 2.24) is 4.31 Å². The van der Waals surface area contributed by atoms with Gasteiger partial charge in [-0.3, -0.25) is 0 Å². The Labute approximate surface area is 185 Å². The van der Waals surface area contributed by atoms with Crippen molar-refractivity contribution in [2.24, 2.45) is 10.9 Å². The van der Waals surface area contributed by atoms with Crippen LogP contribution in [0.15, 0.2) is 58.6 Å². The standard InChI is InChI=1S/C21H24FN3O6S/c22-16-6-10-18(11-7-16)32(28,29)25-12-2-1-3-19(25)21(23)24-31-20(27)14-30-17-8-4-15(13-26)5-9-17/h4-11,19,26H,1-3,12-14H2,(H2,23,24)/t19-/m0/s1. The van der Waals surface area contributed by atoms with Crippen LogP contribution in [0.25, 0.3) is 0 Å². The molecule has 0 aliphatic carbocycles. The zero-order valence-electron chi connectivity index (χ0n) is 17.2. The Morgan fingerprint density at radius 3 is 2.50 bits per heavy atom. The summed E-state index contributed by atoms with van der Waals surface area (Å²) in [5.74, 6) is -1.11. The molecular formula is C21H24FN3O6S. The SMILES string of the molecule is N/C(=N\OC(=O)COc1ccc(CO)cc1)[C@@H]1CCCCN1S(=O)(=O)c1ccc(F)cc1. The van der Waals surface area contributed by atoms with Gasteiger partial charge in [0.1, 0.15) is 11.6 Å². The second kappa shape index (κ2) is 10.5. The third-order valence-electron chi connectivity index (χ3n) is 4.93. The topological polar surface area (TPSA) is 132 Å². The summed E-state index contributed by atoms with van der Waals surface area (Å²) in [6, 6.07) is 10.2. The van der Waals surface area contributed by atoms with Crippen LogP contribution in [0.5, 0.6) is 5.75 Å². The number of nitrogens with two attached hydrogens (primary N) is 1. The summed E-state index contributed by atoms with van der Waals surface area (Å²) in [5.41, 5.74) is 6.67. The van der Waals surface area contributed by atoms with Gasteiger partial charge in [-0.1, -0.05) is 23.7 Å². The summed E-state index contributed by atoms with van der Waals surface area (Å²) in [4.78, 5) is 16.7. The molecule has 1 saturated heterocycles. The minimum absolute atomic E-state index is 0.0591. The normalized spacial score (nSPS) is 17.7. The van der Waals surface area contributed by atoms with Crippen molar-refractivity contribution >= 4 is 21.8 Å². The van der Waals surface area contributed by atoms with Gasteiger partial charge in [-0.15, -0.1) is 0 Å². The molecule has 0 aromatic heterocycles. The monoisotopic (exact) mass is 465 g/mol. The molecular weight excluding hydrogens is 441 g/mol. The summed E-state index contributed by atoms with van der Waals surface area (Å²) in [6.07, 6.45) is 1.76. The molecule has 0 saturated carbocycles. The van der Waals surface area contributed by atoms with Crippen LogP contribution < -0.4 is 10.5 Å². The molecule has 2 aromatic rings. The van der Waals surface area contributed by atoms with Crippen molar-refractivity contribution in [2.75, 3.05) is 13.2 Å². The van der Waals surface area contributed by atoms with Crippen LogP contribution in [0.2, 0.25) is 0 Å². The number of carbonyl (C=O) groups is 1. The van der Waals surface area contributed by atoms with E-state index in [2.05, 4.69) is 5.16 Å². The van der Waals surface area contributed by atoms with Crippen LogP contribution in [-0.2, 0) is 26.3 Å². The van der Waals surface area contributed by atoms with Crippen molar-refractivity contribution in [2.45, 2.75) is 36.8 Å². The first-order valence-electron chi connectivity index (χ1n) is 9.94. The summed E-state index contributed by atoms with van der Waals surface area (Å²) in [6.45, 7) is -0.329. The third kappa shape index (κ3) is 5.81. The largest absolute Gasteiger partial charge is 0.482 e. The fourth-order valence-electron chi connectivity index (χ4n) is 3.25. The highest BCUT2D eigenvalue weighted by molar-refractivity contribution is 7.89. The third-order valence-corrected chi connectivity index (χ3v) is 6.85. The van der Waals surface area contributed by atoms with Gasteiger partial charge < -0.3 is 20.4 Å². The van der Waals surface area contributed by atoms with Crippen molar-refractivity contribution < 1.29 is 32.3 Å². The van der Waals surface area contributed by atoms with Crippen molar-refractivity contribution in [1.29, 1.82) is 0 Å². The van der Waals surface area contributed by atoms with Gasteiger partial charge >= 0.3 is 5.97 Å². The van der Waals surface area contributed by atoms with E-state index in [0.717, 1.165) is 18.6 Å². The van der Waals surface area contributed by atoms with Crippen LogP contribution >= 0.6 is 0 Å². The van der Waals surface area contributed by atoms with E-state index in [4.69, 9.17) is 20.4 Å². The molecule has 2 aromatic carbocycles. The molecule has 0 amide bonds. The Kier molecular flexibility index (Phi) is 7.78. The maximum Gasteiger partial charge on any atom is 0.372 e. The zero-order chi connectivity index (χ0) is 23.1. The highest BCUT2D eigenvalue weighted by atomic mass is 32.2. The van der Waals surface area contributed by atoms with E-state index in [0.29, 0.717) is 24.2 Å². The lowest BCUT2D eigenvalue weighted by molar-refractivity contribution is -0.146. The molecule has 1 fully saturated rings. The van der Waals surface area contributed by atoms with E-state index in [1.807, 2.05) is 0 Å². The minimum Gasteiger partial charge on any atom is -0.482 e. The lowest BCUT2D eigenvalue weighted by atomic mass is 10.0. The first kappa shape index (κ1) is 23.6. The Bertz CT molecular complexity index is 1060. The Hall–Kier alpha value is -3.02. The lowest BCUT2D eigenvalue weighted by Crippen LogP contribution is -2.50. The lowest BCUT2D eigenvalue weighted by Gasteiger charge is -2.33. The van der Waals surface area contributed by atoms with Gasteiger partial charge in [0, 0.05) is 6.54 Å². The molecule has 3 N–H and O–H groups in total. The number of ether oxygens (including phenoxy) is 1. The highest BCUT2D eigenvalue weighted by Gasteiger charge is 2.36. The number of benzene rings is 2. The number of hydrogen-bond acceptors (Lipinski definition) is 7. The summed E-state index contributed by atoms with van der Waals surface area (Å²) < 4.78 is 45.7. The average Bonchev–Trinajstić information content (AvgIpc) is 2.81. The first-order chi connectivity index (χ1) is 15.3. The number of aliphatic hydroxyl groups is 1. The van der Waals surface area contributed by atoms with Gasteiger partial charge in [-0.25, -0.2) is 17.6 Å². The fourth-order valence-corrected chi connectivity index (χ4v) is 4.92. The molecule has 172 valence electrons. The smallest absolute Gasteiger partial charge is 0.372 e. The molecule has 3 rings (SSSR count). The number of rotatable bonds is 8. The van der Waals surface area contributed by atoms with Gasteiger partial charge in [0.25, 0.3) is 0 Å². The summed E-state index contributed by atoms with van der Waals surface area (Å²) >= 11 is 0. The number of aliphatic hydroxyl groups excluding tert-OH is 1. The molecule has 1 heterocycles. The quantitative estimate of drug-likeness (QED) is 0.263. The Morgan fingerprint density at radius 2 is 1.84 bits per heavy atom. The van der Waals surface area contributed by atoms with E-state index in [1.165, 1.54) is 16.4 Å². The highest BCUT2D eigenvalue weighted by Crippen LogP contribution is 2.25. The number of carbonyl (C=O) groups excluding carboxylic acids is 1. The zero-order valence-corrected chi connectivity index (χ0v) is 18.0. The average molecular weight is 466 g/mol. The van der Waals surface area contributed by atoms with Gasteiger partial charge in [0.2, 0.25) is 10.0 Å².